The average Bonchev–Trinajstić information content (AvgIpc) is 2.95. The highest BCUT2D eigenvalue weighted by Gasteiger charge is 2.27. The molecule has 1 saturated heterocycles. The highest BCUT2D eigenvalue weighted by Crippen LogP contribution is 2.27. The minimum atomic E-state index is 0.122. The SMILES string of the molecule is CNC(=O)[C@@H]1CCN(c2ccc3ccccc3c2)C1. The molecule has 1 aliphatic rings. The van der Waals surface area contributed by atoms with Crippen molar-refractivity contribution in [3.8, 4) is 0 Å². The fraction of sp³-hybridized carbons (Fsp3) is 0.312. The summed E-state index contributed by atoms with van der Waals surface area (Å²) >= 11 is 0. The third-order valence-corrected chi connectivity index (χ3v) is 3.90. The van der Waals surface area contributed by atoms with Crippen LogP contribution in [0.3, 0.4) is 0 Å². The maximum atomic E-state index is 11.7. The van der Waals surface area contributed by atoms with Crippen molar-refractivity contribution in [1.82, 2.24) is 5.32 Å². The molecule has 0 aromatic heterocycles. The Morgan fingerprint density at radius 2 is 2.00 bits per heavy atom. The summed E-state index contributed by atoms with van der Waals surface area (Å²) in [6, 6.07) is 14.9. The predicted molar refractivity (Wildman–Crippen MR) is 78.3 cm³/mol. The molecule has 19 heavy (non-hydrogen) atoms. The van der Waals surface area contributed by atoms with Crippen LogP contribution in [0.5, 0.6) is 0 Å². The van der Waals surface area contributed by atoms with Crippen LogP contribution in [0.25, 0.3) is 10.8 Å². The van der Waals surface area contributed by atoms with Crippen LogP contribution in [0.15, 0.2) is 42.5 Å². The normalized spacial score (nSPS) is 18.8. The van der Waals surface area contributed by atoms with Crippen LogP contribution in [0, 0.1) is 5.92 Å². The van der Waals surface area contributed by atoms with Gasteiger partial charge in [0.1, 0.15) is 0 Å². The van der Waals surface area contributed by atoms with Crippen LogP contribution in [0.1, 0.15) is 6.42 Å². The lowest BCUT2D eigenvalue weighted by molar-refractivity contribution is -0.123. The van der Waals surface area contributed by atoms with Crippen LogP contribution >= 0.6 is 0 Å². The average molecular weight is 254 g/mol. The monoisotopic (exact) mass is 254 g/mol. The van der Waals surface area contributed by atoms with E-state index in [4.69, 9.17) is 0 Å². The number of nitrogens with zero attached hydrogens (tertiary/aromatic N) is 1. The summed E-state index contributed by atoms with van der Waals surface area (Å²) < 4.78 is 0. The highest BCUT2D eigenvalue weighted by molar-refractivity contribution is 5.86. The second-order valence-electron chi connectivity index (χ2n) is 5.08. The van der Waals surface area contributed by atoms with Crippen molar-refractivity contribution in [2.24, 2.45) is 5.92 Å². The summed E-state index contributed by atoms with van der Waals surface area (Å²) in [5, 5.41) is 5.25. The summed E-state index contributed by atoms with van der Waals surface area (Å²) in [6.07, 6.45) is 0.937. The quantitative estimate of drug-likeness (QED) is 0.892. The van der Waals surface area contributed by atoms with E-state index in [0.29, 0.717) is 0 Å². The van der Waals surface area contributed by atoms with E-state index in [-0.39, 0.29) is 11.8 Å². The van der Waals surface area contributed by atoms with E-state index in [0.717, 1.165) is 19.5 Å². The molecule has 1 amide bonds. The first-order valence-corrected chi connectivity index (χ1v) is 6.73. The van der Waals surface area contributed by atoms with E-state index in [1.165, 1.54) is 16.5 Å². The smallest absolute Gasteiger partial charge is 0.224 e. The summed E-state index contributed by atoms with van der Waals surface area (Å²) in [5.74, 6) is 0.278. The molecule has 1 N–H and O–H groups in total. The van der Waals surface area contributed by atoms with Crippen molar-refractivity contribution < 1.29 is 4.79 Å². The van der Waals surface area contributed by atoms with Gasteiger partial charge in [0.05, 0.1) is 5.92 Å². The Labute approximate surface area is 113 Å². The molecule has 1 atom stereocenters. The minimum Gasteiger partial charge on any atom is -0.371 e. The number of anilines is 1. The zero-order chi connectivity index (χ0) is 13.2. The van der Waals surface area contributed by atoms with Crippen LogP contribution in [-0.4, -0.2) is 26.0 Å². The Morgan fingerprint density at radius 1 is 1.21 bits per heavy atom. The van der Waals surface area contributed by atoms with Gasteiger partial charge in [0.2, 0.25) is 5.91 Å². The Kier molecular flexibility index (Phi) is 3.11. The van der Waals surface area contributed by atoms with Gasteiger partial charge >= 0.3 is 0 Å². The van der Waals surface area contributed by atoms with Crippen molar-refractivity contribution in [2.75, 3.05) is 25.0 Å². The topological polar surface area (TPSA) is 32.3 Å². The molecule has 3 nitrogen and oxygen atoms in total. The first-order valence-electron chi connectivity index (χ1n) is 6.73. The third kappa shape index (κ3) is 2.28. The zero-order valence-electron chi connectivity index (χ0n) is 11.1. The van der Waals surface area contributed by atoms with Crippen LogP contribution < -0.4 is 10.2 Å². The first kappa shape index (κ1) is 12.0. The van der Waals surface area contributed by atoms with Gasteiger partial charge in [-0.1, -0.05) is 30.3 Å². The number of amides is 1. The largest absolute Gasteiger partial charge is 0.371 e. The molecular weight excluding hydrogens is 236 g/mol. The lowest BCUT2D eigenvalue weighted by atomic mass is 10.1. The van der Waals surface area contributed by atoms with Gasteiger partial charge in [0.25, 0.3) is 0 Å². The number of hydrogen-bond donors (Lipinski definition) is 1. The van der Waals surface area contributed by atoms with Gasteiger partial charge in [-0.2, -0.15) is 0 Å². The Morgan fingerprint density at radius 3 is 2.79 bits per heavy atom. The molecule has 2 aromatic carbocycles. The Hall–Kier alpha value is -2.03. The minimum absolute atomic E-state index is 0.122. The van der Waals surface area contributed by atoms with Gasteiger partial charge in [0, 0.05) is 25.8 Å². The number of carbonyl (C=O) groups excluding carboxylic acids is 1. The van der Waals surface area contributed by atoms with E-state index in [2.05, 4.69) is 52.7 Å². The van der Waals surface area contributed by atoms with Gasteiger partial charge in [0.15, 0.2) is 0 Å². The zero-order valence-corrected chi connectivity index (χ0v) is 11.1. The van der Waals surface area contributed by atoms with E-state index < -0.39 is 0 Å². The lowest BCUT2D eigenvalue weighted by Crippen LogP contribution is -2.30. The number of rotatable bonds is 2. The van der Waals surface area contributed by atoms with E-state index >= 15 is 0 Å². The molecular formula is C16H18N2O. The summed E-state index contributed by atoms with van der Waals surface area (Å²) in [5.41, 5.74) is 1.21. The fourth-order valence-electron chi connectivity index (χ4n) is 2.79. The number of benzene rings is 2. The molecule has 0 saturated carbocycles. The Balaban J connectivity index is 1.83. The molecule has 1 aliphatic heterocycles. The van der Waals surface area contributed by atoms with Crippen molar-refractivity contribution in [3.05, 3.63) is 42.5 Å². The fourth-order valence-corrected chi connectivity index (χ4v) is 2.79. The molecule has 0 spiro atoms. The molecule has 3 rings (SSSR count). The molecule has 1 heterocycles. The molecule has 0 radical (unpaired) electrons. The number of hydrogen-bond acceptors (Lipinski definition) is 2. The summed E-state index contributed by atoms with van der Waals surface area (Å²) in [6.45, 7) is 1.77. The second-order valence-corrected chi connectivity index (χ2v) is 5.08. The lowest BCUT2D eigenvalue weighted by Gasteiger charge is -2.19. The van der Waals surface area contributed by atoms with E-state index in [1.54, 1.807) is 7.05 Å². The van der Waals surface area contributed by atoms with Gasteiger partial charge < -0.3 is 10.2 Å². The van der Waals surface area contributed by atoms with Gasteiger partial charge in [-0.05, 0) is 29.3 Å². The molecule has 3 heteroatoms. The number of nitrogens with one attached hydrogen (secondary N) is 1. The maximum absolute atomic E-state index is 11.7. The van der Waals surface area contributed by atoms with Crippen molar-refractivity contribution >= 4 is 22.4 Å². The molecule has 98 valence electrons. The molecule has 2 aromatic rings. The highest BCUT2D eigenvalue weighted by atomic mass is 16.1. The van der Waals surface area contributed by atoms with Gasteiger partial charge in [-0.15, -0.1) is 0 Å². The molecule has 0 aliphatic carbocycles. The standard InChI is InChI=1S/C16H18N2O/c1-17-16(19)14-8-9-18(11-14)15-7-6-12-4-2-3-5-13(12)10-15/h2-7,10,14H,8-9,11H2,1H3,(H,17,19)/t14-/m1/s1. The maximum Gasteiger partial charge on any atom is 0.224 e. The second kappa shape index (κ2) is 4.92. The molecule has 0 bridgehead atoms. The summed E-state index contributed by atoms with van der Waals surface area (Å²) in [4.78, 5) is 14.0. The van der Waals surface area contributed by atoms with Crippen molar-refractivity contribution in [2.45, 2.75) is 6.42 Å². The third-order valence-electron chi connectivity index (χ3n) is 3.90. The van der Waals surface area contributed by atoms with Crippen molar-refractivity contribution in [1.29, 1.82) is 0 Å². The van der Waals surface area contributed by atoms with E-state index in [9.17, 15) is 4.79 Å². The van der Waals surface area contributed by atoms with Crippen LogP contribution in [-0.2, 0) is 4.79 Å². The van der Waals surface area contributed by atoms with Gasteiger partial charge in [-0.3, -0.25) is 4.79 Å². The predicted octanol–water partition coefficient (Wildman–Crippen LogP) is 2.41. The number of fused-ring (bicyclic) bond motifs is 1. The van der Waals surface area contributed by atoms with Crippen molar-refractivity contribution in [3.63, 3.8) is 0 Å². The van der Waals surface area contributed by atoms with E-state index in [1.807, 2.05) is 0 Å². The van der Waals surface area contributed by atoms with Crippen LogP contribution in [0.2, 0.25) is 0 Å². The summed E-state index contributed by atoms with van der Waals surface area (Å²) in [7, 11) is 1.71. The first-order chi connectivity index (χ1) is 9.28. The molecule has 0 unspecified atom stereocenters. The Bertz CT molecular complexity index is 608. The van der Waals surface area contributed by atoms with Gasteiger partial charge in [-0.25, -0.2) is 0 Å². The number of carbonyl (C=O) groups is 1. The van der Waals surface area contributed by atoms with Crippen LogP contribution in [0.4, 0.5) is 5.69 Å². The molecule has 1 fully saturated rings.